The number of hydrogen-bond donors (Lipinski definition) is 1. The van der Waals surface area contributed by atoms with Gasteiger partial charge in [0.15, 0.2) is 0 Å². The Morgan fingerprint density at radius 2 is 1.53 bits per heavy atom. The van der Waals surface area contributed by atoms with Gasteiger partial charge >= 0.3 is 12.1 Å². The number of thiocarbonyl (C=S) groups is 1. The van der Waals surface area contributed by atoms with Crippen LogP contribution in [0.2, 0.25) is 0 Å². The van der Waals surface area contributed by atoms with Gasteiger partial charge in [-0.25, -0.2) is 0 Å². The molecule has 2 N–H and O–H groups in total. The van der Waals surface area contributed by atoms with Crippen LogP contribution in [-0.4, -0.2) is 11.2 Å². The third-order valence-electron chi connectivity index (χ3n) is 2.05. The van der Waals surface area contributed by atoms with Crippen molar-refractivity contribution in [2.24, 2.45) is 5.73 Å². The second kappa shape index (κ2) is 4.56. The van der Waals surface area contributed by atoms with Gasteiger partial charge in [-0.05, 0) is 5.56 Å². The minimum Gasteiger partial charge on any atom is -0.393 e. The first-order chi connectivity index (χ1) is 7.64. The molecule has 0 aliphatic heterocycles. The van der Waals surface area contributed by atoms with E-state index in [4.69, 9.17) is 5.73 Å². The van der Waals surface area contributed by atoms with Gasteiger partial charge in [0.2, 0.25) is 0 Å². The number of alkyl halides is 5. The molecule has 0 atom stereocenters. The van der Waals surface area contributed by atoms with Gasteiger partial charge in [0.25, 0.3) is 0 Å². The fraction of sp³-hybridized carbons (Fsp3) is 0.300. The molecule has 0 unspecified atom stereocenters. The lowest BCUT2D eigenvalue weighted by atomic mass is 10.0. The lowest BCUT2D eigenvalue weighted by molar-refractivity contribution is -0.289. The quantitative estimate of drug-likeness (QED) is 0.673. The molecule has 0 saturated heterocycles. The minimum absolute atomic E-state index is 0.139. The van der Waals surface area contributed by atoms with Gasteiger partial charge in [-0.3, -0.25) is 0 Å². The van der Waals surface area contributed by atoms with Gasteiger partial charge in [0.1, 0.15) is 0 Å². The summed E-state index contributed by atoms with van der Waals surface area (Å²) in [6.07, 6.45) is -5.44. The normalized spacial score (nSPS) is 12.5. The Balaban J connectivity index is 2.99. The zero-order valence-corrected chi connectivity index (χ0v) is 9.21. The molecule has 1 aromatic carbocycles. The van der Waals surface area contributed by atoms with Gasteiger partial charge in [-0.15, -0.1) is 0 Å². The largest absolute Gasteiger partial charge is 0.458 e. The van der Waals surface area contributed by atoms with Crippen molar-refractivity contribution in [2.75, 3.05) is 0 Å². The molecule has 0 bridgehead atoms. The zero-order valence-electron chi connectivity index (χ0n) is 8.39. The van der Waals surface area contributed by atoms with Crippen LogP contribution in [0.5, 0.6) is 0 Å². The van der Waals surface area contributed by atoms with E-state index in [0.29, 0.717) is 5.56 Å². The zero-order chi connectivity index (χ0) is 13.3. The third-order valence-corrected chi connectivity index (χ3v) is 2.20. The van der Waals surface area contributed by atoms with Crippen molar-refractivity contribution in [3.05, 3.63) is 35.4 Å². The summed E-state index contributed by atoms with van der Waals surface area (Å²) in [5.41, 5.74) is 4.61. The maximum absolute atomic E-state index is 12.9. The predicted octanol–water partition coefficient (Wildman–Crippen LogP) is 3.17. The maximum Gasteiger partial charge on any atom is 0.458 e. The summed E-state index contributed by atoms with van der Waals surface area (Å²) in [6, 6.07) is 3.74. The van der Waals surface area contributed by atoms with Crippen molar-refractivity contribution < 1.29 is 22.0 Å². The van der Waals surface area contributed by atoms with Crippen LogP contribution in [0.4, 0.5) is 22.0 Å². The molecule has 0 radical (unpaired) electrons. The number of halogens is 5. The van der Waals surface area contributed by atoms with Crippen molar-refractivity contribution in [3.8, 4) is 0 Å². The van der Waals surface area contributed by atoms with Crippen molar-refractivity contribution in [1.29, 1.82) is 0 Å². The first-order valence-electron chi connectivity index (χ1n) is 4.47. The molecule has 0 aliphatic rings. The first kappa shape index (κ1) is 13.8. The molecule has 0 fully saturated rings. The van der Waals surface area contributed by atoms with E-state index >= 15 is 0 Å². The number of benzene rings is 1. The summed E-state index contributed by atoms with van der Waals surface area (Å²) in [4.78, 5) is 0.139. The molecule has 17 heavy (non-hydrogen) atoms. The number of hydrogen-bond acceptors (Lipinski definition) is 1. The first-order valence-corrected chi connectivity index (χ1v) is 4.87. The third kappa shape index (κ3) is 3.12. The van der Waals surface area contributed by atoms with Crippen molar-refractivity contribution in [3.63, 3.8) is 0 Å². The van der Waals surface area contributed by atoms with Gasteiger partial charge in [-0.2, -0.15) is 22.0 Å². The molecular weight excluding hydrogens is 261 g/mol. The highest BCUT2D eigenvalue weighted by atomic mass is 32.1. The summed E-state index contributed by atoms with van der Waals surface area (Å²) < 4.78 is 61.9. The van der Waals surface area contributed by atoms with Crippen LogP contribution in [0.1, 0.15) is 11.1 Å². The second-order valence-electron chi connectivity index (χ2n) is 3.41. The van der Waals surface area contributed by atoms with Gasteiger partial charge in [0, 0.05) is 12.0 Å². The molecule has 1 aromatic rings. The topological polar surface area (TPSA) is 26.0 Å². The highest BCUT2D eigenvalue weighted by molar-refractivity contribution is 7.80. The monoisotopic (exact) mass is 269 g/mol. The molecule has 0 spiro atoms. The Morgan fingerprint density at radius 1 is 1.06 bits per heavy atom. The Bertz CT molecular complexity index is 410. The highest BCUT2D eigenvalue weighted by Gasteiger charge is 2.58. The molecule has 94 valence electrons. The summed E-state index contributed by atoms with van der Waals surface area (Å²) in [5.74, 6) is -4.85. The van der Waals surface area contributed by atoms with E-state index < -0.39 is 17.7 Å². The van der Waals surface area contributed by atoms with Crippen LogP contribution in [0, 0.1) is 0 Å². The molecule has 1 nitrogen and oxygen atoms in total. The Kier molecular flexibility index (Phi) is 3.71. The van der Waals surface area contributed by atoms with Crippen LogP contribution in [0.25, 0.3) is 0 Å². The van der Waals surface area contributed by atoms with Crippen LogP contribution in [0.3, 0.4) is 0 Å². The molecule has 0 heterocycles. The second-order valence-corrected chi connectivity index (χ2v) is 3.94. The van der Waals surface area contributed by atoms with Crippen LogP contribution in [0.15, 0.2) is 24.3 Å². The van der Waals surface area contributed by atoms with E-state index in [2.05, 4.69) is 12.2 Å². The standard InChI is InChI=1S/C10H8F5NS/c11-9(12,10(13,14)15)7-3-1-6(2-4-7)5-8(16)17/h1-4H,5H2,(H2,16,17). The van der Waals surface area contributed by atoms with Crippen molar-refractivity contribution in [2.45, 2.75) is 18.5 Å². The minimum atomic E-state index is -5.60. The van der Waals surface area contributed by atoms with Crippen LogP contribution >= 0.6 is 12.2 Å². The fourth-order valence-electron chi connectivity index (χ4n) is 1.20. The van der Waals surface area contributed by atoms with E-state index in [9.17, 15) is 22.0 Å². The lowest BCUT2D eigenvalue weighted by Crippen LogP contribution is -2.33. The average Bonchev–Trinajstić information content (AvgIpc) is 2.15. The molecule has 0 aliphatic carbocycles. The van der Waals surface area contributed by atoms with E-state index in [1.165, 1.54) is 0 Å². The predicted molar refractivity (Wildman–Crippen MR) is 56.9 cm³/mol. The van der Waals surface area contributed by atoms with Gasteiger partial charge in [-0.1, -0.05) is 36.5 Å². The Hall–Kier alpha value is -1.24. The summed E-state index contributed by atoms with van der Waals surface area (Å²) in [5, 5.41) is 0. The van der Waals surface area contributed by atoms with Crippen molar-refractivity contribution >= 4 is 17.2 Å². The number of rotatable bonds is 3. The number of nitrogens with two attached hydrogens (primary N) is 1. The molecule has 7 heteroatoms. The van der Waals surface area contributed by atoms with Gasteiger partial charge < -0.3 is 5.73 Å². The smallest absolute Gasteiger partial charge is 0.393 e. The van der Waals surface area contributed by atoms with Crippen LogP contribution in [-0.2, 0) is 12.3 Å². The summed E-state index contributed by atoms with van der Waals surface area (Å²) in [6.45, 7) is 0. The molecule has 0 aromatic heterocycles. The fourth-order valence-corrected chi connectivity index (χ4v) is 1.36. The van der Waals surface area contributed by atoms with E-state index in [1.807, 2.05) is 0 Å². The van der Waals surface area contributed by atoms with Crippen LogP contribution < -0.4 is 5.73 Å². The average molecular weight is 269 g/mol. The molecule has 0 amide bonds. The van der Waals surface area contributed by atoms with Gasteiger partial charge in [0.05, 0.1) is 4.99 Å². The Labute approximate surface area is 99.4 Å². The van der Waals surface area contributed by atoms with E-state index in [1.54, 1.807) is 0 Å². The Morgan fingerprint density at radius 3 is 1.88 bits per heavy atom. The summed E-state index contributed by atoms with van der Waals surface area (Å²) >= 11 is 4.59. The van der Waals surface area contributed by atoms with E-state index in [0.717, 1.165) is 24.3 Å². The lowest BCUT2D eigenvalue weighted by Gasteiger charge is -2.19. The molecule has 0 saturated carbocycles. The summed E-state index contributed by atoms with van der Waals surface area (Å²) in [7, 11) is 0. The van der Waals surface area contributed by atoms with Crippen molar-refractivity contribution in [1.82, 2.24) is 0 Å². The maximum atomic E-state index is 12.9. The van der Waals surface area contributed by atoms with E-state index in [-0.39, 0.29) is 11.4 Å². The highest BCUT2D eigenvalue weighted by Crippen LogP contribution is 2.43. The molecular formula is C10H8F5NS. The molecule has 1 rings (SSSR count). The SMILES string of the molecule is NC(=S)Cc1ccc(C(F)(F)C(F)(F)F)cc1.